The summed E-state index contributed by atoms with van der Waals surface area (Å²) >= 11 is 0. The molecule has 0 saturated carbocycles. The molecule has 1 heteroatoms. The van der Waals surface area contributed by atoms with Gasteiger partial charge in [0.2, 0.25) is 0 Å². The second-order valence-corrected chi connectivity index (χ2v) is 6.88. The van der Waals surface area contributed by atoms with E-state index in [-0.39, 0.29) is 0 Å². The van der Waals surface area contributed by atoms with Crippen molar-refractivity contribution in [3.8, 4) is 0 Å². The number of hydrogen-bond donors (Lipinski definition) is 1. The van der Waals surface area contributed by atoms with Crippen LogP contribution in [0.4, 0.5) is 5.69 Å². The Morgan fingerprint density at radius 1 is 0.680 bits per heavy atom. The minimum Gasteiger partial charge on any atom is -0.398 e. The molecule has 2 N–H and O–H groups in total. The van der Waals surface area contributed by atoms with E-state index in [2.05, 4.69) is 80.6 Å². The average Bonchev–Trinajstić information content (AvgIpc) is 2.65. The first-order valence-electron chi connectivity index (χ1n) is 8.89. The summed E-state index contributed by atoms with van der Waals surface area (Å²) in [7, 11) is 0. The highest BCUT2D eigenvalue weighted by atomic mass is 14.6. The number of nitrogens with two attached hydrogens (primary N) is 1. The van der Waals surface area contributed by atoms with Gasteiger partial charge in [-0.15, -0.1) is 0 Å². The fourth-order valence-corrected chi connectivity index (χ4v) is 3.79. The molecule has 4 aromatic rings. The number of hydrogen-bond acceptors (Lipinski definition) is 1. The Kier molecular flexibility index (Phi) is 3.93. The van der Waals surface area contributed by atoms with E-state index in [1.165, 1.54) is 38.2 Å². The smallest absolute Gasteiger partial charge is 0.0376 e. The van der Waals surface area contributed by atoms with E-state index in [9.17, 15) is 0 Å². The van der Waals surface area contributed by atoms with Gasteiger partial charge in [-0.2, -0.15) is 0 Å². The number of anilines is 1. The Balaban J connectivity index is 1.77. The third-order valence-corrected chi connectivity index (χ3v) is 5.36. The quantitative estimate of drug-likeness (QED) is 0.364. The molecule has 0 aliphatic heterocycles. The van der Waals surface area contributed by atoms with Crippen molar-refractivity contribution < 1.29 is 0 Å². The third-order valence-electron chi connectivity index (χ3n) is 5.36. The number of fused-ring (bicyclic) bond motifs is 3. The van der Waals surface area contributed by atoms with E-state index in [1.54, 1.807) is 0 Å². The van der Waals surface area contributed by atoms with Crippen LogP contribution in [0.1, 0.15) is 22.3 Å². The first kappa shape index (κ1) is 15.7. The normalized spacial score (nSPS) is 11.3. The number of benzene rings is 4. The highest BCUT2D eigenvalue weighted by molar-refractivity contribution is 6.08. The van der Waals surface area contributed by atoms with Crippen molar-refractivity contribution in [3.05, 3.63) is 89.0 Å². The van der Waals surface area contributed by atoms with Gasteiger partial charge in [0, 0.05) is 5.69 Å². The summed E-state index contributed by atoms with van der Waals surface area (Å²) in [5.41, 5.74) is 12.3. The lowest BCUT2D eigenvalue weighted by molar-refractivity contribution is 0.958. The van der Waals surface area contributed by atoms with Crippen LogP contribution in [-0.2, 0) is 12.8 Å². The lowest BCUT2D eigenvalue weighted by atomic mass is 9.92. The van der Waals surface area contributed by atoms with Gasteiger partial charge in [0.05, 0.1) is 0 Å². The lowest BCUT2D eigenvalue weighted by Gasteiger charge is -2.13. The van der Waals surface area contributed by atoms with Crippen molar-refractivity contribution in [1.82, 2.24) is 0 Å². The highest BCUT2D eigenvalue weighted by Gasteiger charge is 2.09. The van der Waals surface area contributed by atoms with E-state index >= 15 is 0 Å². The fraction of sp³-hybridized carbons (Fsp3) is 0.167. The van der Waals surface area contributed by atoms with Gasteiger partial charge >= 0.3 is 0 Å². The molecule has 0 fully saturated rings. The summed E-state index contributed by atoms with van der Waals surface area (Å²) in [6.07, 6.45) is 2.04. The zero-order chi connectivity index (χ0) is 17.4. The average molecular weight is 325 g/mol. The van der Waals surface area contributed by atoms with Crippen molar-refractivity contribution in [1.29, 1.82) is 0 Å². The number of rotatable bonds is 3. The summed E-state index contributed by atoms with van der Waals surface area (Å²) in [5.74, 6) is 0. The van der Waals surface area contributed by atoms with Crippen LogP contribution in [0.2, 0.25) is 0 Å². The molecule has 0 spiro atoms. The van der Waals surface area contributed by atoms with Crippen molar-refractivity contribution in [2.24, 2.45) is 0 Å². The molecule has 4 aromatic carbocycles. The molecule has 0 aromatic heterocycles. The first-order chi connectivity index (χ1) is 12.1. The molecule has 0 atom stereocenters. The Morgan fingerprint density at radius 2 is 1.32 bits per heavy atom. The van der Waals surface area contributed by atoms with Gasteiger partial charge in [-0.3, -0.25) is 0 Å². The first-order valence-corrected chi connectivity index (χ1v) is 8.89. The van der Waals surface area contributed by atoms with E-state index in [1.807, 2.05) is 0 Å². The monoisotopic (exact) mass is 325 g/mol. The fourth-order valence-electron chi connectivity index (χ4n) is 3.79. The van der Waals surface area contributed by atoms with Crippen LogP contribution in [0.5, 0.6) is 0 Å². The van der Waals surface area contributed by atoms with E-state index in [0.717, 1.165) is 24.1 Å². The number of aryl methyl sites for hydroxylation is 3. The topological polar surface area (TPSA) is 26.0 Å². The van der Waals surface area contributed by atoms with Gasteiger partial charge in [0.15, 0.2) is 0 Å². The molecular formula is C24H23N. The van der Waals surface area contributed by atoms with Gasteiger partial charge in [0.1, 0.15) is 0 Å². The van der Waals surface area contributed by atoms with Gasteiger partial charge in [0.25, 0.3) is 0 Å². The minimum atomic E-state index is 0.931. The summed E-state index contributed by atoms with van der Waals surface area (Å²) in [4.78, 5) is 0. The van der Waals surface area contributed by atoms with Gasteiger partial charge in [-0.05, 0) is 70.5 Å². The van der Waals surface area contributed by atoms with E-state index in [4.69, 9.17) is 5.73 Å². The molecule has 124 valence electrons. The minimum absolute atomic E-state index is 0.931. The van der Waals surface area contributed by atoms with Crippen molar-refractivity contribution in [2.45, 2.75) is 26.7 Å². The molecule has 25 heavy (non-hydrogen) atoms. The Hall–Kier alpha value is -2.80. The number of nitrogen functional groups attached to an aromatic ring is 1. The van der Waals surface area contributed by atoms with Crippen molar-refractivity contribution in [2.75, 3.05) is 5.73 Å². The summed E-state index contributed by atoms with van der Waals surface area (Å²) in [6.45, 7) is 4.21. The third kappa shape index (κ3) is 2.76. The molecule has 1 nitrogen and oxygen atoms in total. The summed E-state index contributed by atoms with van der Waals surface area (Å²) in [5, 5.41) is 5.35. The Labute approximate surface area is 149 Å². The molecule has 0 amide bonds. The van der Waals surface area contributed by atoms with Crippen molar-refractivity contribution >= 4 is 27.2 Å². The maximum atomic E-state index is 6.22. The predicted octanol–water partition coefficient (Wildman–Crippen LogP) is 5.98. The SMILES string of the molecule is Cc1ccc(CCc2cc3ccccc3c3ccccc23)c(C)c1N. The Morgan fingerprint density at radius 3 is 2.12 bits per heavy atom. The van der Waals surface area contributed by atoms with Crippen LogP contribution in [0.25, 0.3) is 21.5 Å². The molecular weight excluding hydrogens is 302 g/mol. The van der Waals surface area contributed by atoms with E-state index in [0.29, 0.717) is 0 Å². The zero-order valence-corrected chi connectivity index (χ0v) is 14.8. The van der Waals surface area contributed by atoms with Crippen LogP contribution < -0.4 is 5.73 Å². The van der Waals surface area contributed by atoms with Crippen LogP contribution in [0.3, 0.4) is 0 Å². The highest BCUT2D eigenvalue weighted by Crippen LogP contribution is 2.30. The summed E-state index contributed by atoms with van der Waals surface area (Å²) < 4.78 is 0. The molecule has 0 heterocycles. The standard InChI is InChI=1S/C24H23N/c1-16-11-12-18(17(2)24(16)25)13-14-20-15-19-7-3-4-8-21(19)23-10-6-5-9-22(20)23/h3-12,15H,13-14,25H2,1-2H3. The molecule has 0 saturated heterocycles. The van der Waals surface area contributed by atoms with Crippen LogP contribution >= 0.6 is 0 Å². The van der Waals surface area contributed by atoms with Crippen LogP contribution in [-0.4, -0.2) is 0 Å². The van der Waals surface area contributed by atoms with Crippen LogP contribution in [0.15, 0.2) is 66.7 Å². The molecule has 0 radical (unpaired) electrons. The lowest BCUT2D eigenvalue weighted by Crippen LogP contribution is -2.00. The maximum absolute atomic E-state index is 6.22. The van der Waals surface area contributed by atoms with Gasteiger partial charge in [-0.1, -0.05) is 66.7 Å². The van der Waals surface area contributed by atoms with Gasteiger partial charge < -0.3 is 5.73 Å². The molecule has 4 rings (SSSR count). The zero-order valence-electron chi connectivity index (χ0n) is 14.8. The van der Waals surface area contributed by atoms with Crippen molar-refractivity contribution in [3.63, 3.8) is 0 Å². The molecule has 0 aliphatic carbocycles. The second-order valence-electron chi connectivity index (χ2n) is 6.88. The second kappa shape index (κ2) is 6.25. The molecule has 0 aliphatic rings. The predicted molar refractivity (Wildman–Crippen MR) is 109 cm³/mol. The van der Waals surface area contributed by atoms with Crippen LogP contribution in [0, 0.1) is 13.8 Å². The van der Waals surface area contributed by atoms with Gasteiger partial charge in [-0.25, -0.2) is 0 Å². The molecule has 0 bridgehead atoms. The largest absolute Gasteiger partial charge is 0.398 e. The Bertz CT molecular complexity index is 1080. The van der Waals surface area contributed by atoms with E-state index < -0.39 is 0 Å². The molecule has 0 unspecified atom stereocenters. The maximum Gasteiger partial charge on any atom is 0.0376 e. The summed E-state index contributed by atoms with van der Waals surface area (Å²) in [6, 6.07) is 24.1.